The molecule has 2 rings (SSSR count). The minimum Gasteiger partial charge on any atom is -0.381 e. The third kappa shape index (κ3) is 7.81. The number of nitrogens with zero attached hydrogens (tertiary/aromatic N) is 1. The maximum atomic E-state index is 5.94. The predicted molar refractivity (Wildman–Crippen MR) is 109 cm³/mol. The Morgan fingerprint density at radius 3 is 2.25 bits per heavy atom. The van der Waals surface area contributed by atoms with Gasteiger partial charge in [-0.2, -0.15) is 0 Å². The van der Waals surface area contributed by atoms with Gasteiger partial charge >= 0.3 is 0 Å². The normalized spacial score (nSPS) is 14.6. The van der Waals surface area contributed by atoms with Crippen molar-refractivity contribution in [2.24, 2.45) is 4.99 Å². The number of nitrogens with one attached hydrogen (secondary N) is 2. The van der Waals surface area contributed by atoms with Crippen LogP contribution < -0.4 is 10.6 Å². The van der Waals surface area contributed by atoms with Crippen LogP contribution in [0.5, 0.6) is 0 Å². The van der Waals surface area contributed by atoms with Gasteiger partial charge in [-0.1, -0.05) is 24.3 Å². The Morgan fingerprint density at radius 2 is 1.67 bits per heavy atom. The van der Waals surface area contributed by atoms with Gasteiger partial charge in [-0.3, -0.25) is 0 Å². The molecule has 5 nitrogen and oxygen atoms in total. The van der Waals surface area contributed by atoms with Gasteiger partial charge in [-0.25, -0.2) is 4.99 Å². The molecule has 2 N–H and O–H groups in total. The van der Waals surface area contributed by atoms with E-state index in [1.165, 1.54) is 11.1 Å². The number of hydrogen-bond donors (Lipinski definition) is 2. The van der Waals surface area contributed by atoms with Gasteiger partial charge in [0.1, 0.15) is 0 Å². The van der Waals surface area contributed by atoms with E-state index in [2.05, 4.69) is 53.7 Å². The summed E-state index contributed by atoms with van der Waals surface area (Å²) in [5.74, 6) is 0.863. The molecule has 0 saturated carbocycles. The van der Waals surface area contributed by atoms with Crippen molar-refractivity contribution in [1.82, 2.24) is 10.6 Å². The molecule has 1 fully saturated rings. The summed E-state index contributed by atoms with van der Waals surface area (Å²) in [6, 6.07) is 8.51. The quantitative estimate of drug-likeness (QED) is 0.383. The molecule has 0 aliphatic carbocycles. The summed E-state index contributed by atoms with van der Waals surface area (Å²) in [5.41, 5.74) is 2.41. The summed E-state index contributed by atoms with van der Waals surface area (Å²) < 4.78 is 11.3. The summed E-state index contributed by atoms with van der Waals surface area (Å²) in [4.78, 5) is 4.57. The van der Waals surface area contributed by atoms with E-state index in [1.807, 2.05) is 0 Å². The molecule has 1 heterocycles. The number of ether oxygens (including phenoxy) is 2. The molecule has 6 heteroatoms. The number of halogens is 1. The number of hydrogen-bond acceptors (Lipinski definition) is 3. The Labute approximate surface area is 162 Å². The van der Waals surface area contributed by atoms with Crippen molar-refractivity contribution in [2.45, 2.75) is 45.9 Å². The van der Waals surface area contributed by atoms with Gasteiger partial charge < -0.3 is 20.1 Å². The Hall–Kier alpha value is -0.860. The van der Waals surface area contributed by atoms with Crippen molar-refractivity contribution in [2.75, 3.05) is 26.3 Å². The highest BCUT2D eigenvalue weighted by Gasteiger charge is 2.13. The fourth-order valence-corrected chi connectivity index (χ4v) is 2.48. The molecular formula is C18H30IN3O2. The van der Waals surface area contributed by atoms with Crippen LogP contribution in [0.2, 0.25) is 0 Å². The summed E-state index contributed by atoms with van der Waals surface area (Å²) in [7, 11) is 0. The molecule has 24 heavy (non-hydrogen) atoms. The SMILES string of the molecule is CCNC(=NCc1ccc(COC2CCOCC2)cc1)NCC.I. The molecule has 1 aliphatic rings. The summed E-state index contributed by atoms with van der Waals surface area (Å²) in [6.45, 7) is 8.87. The van der Waals surface area contributed by atoms with Crippen molar-refractivity contribution < 1.29 is 9.47 Å². The monoisotopic (exact) mass is 447 g/mol. The van der Waals surface area contributed by atoms with Crippen LogP contribution in [0, 0.1) is 0 Å². The first kappa shape index (κ1) is 21.2. The highest BCUT2D eigenvalue weighted by Crippen LogP contribution is 2.14. The number of benzene rings is 1. The highest BCUT2D eigenvalue weighted by molar-refractivity contribution is 14.0. The van der Waals surface area contributed by atoms with Crippen LogP contribution in [-0.4, -0.2) is 38.4 Å². The Balaban J connectivity index is 0.00000288. The first-order valence-electron chi connectivity index (χ1n) is 8.61. The third-order valence-corrected chi connectivity index (χ3v) is 3.79. The van der Waals surface area contributed by atoms with E-state index in [-0.39, 0.29) is 24.0 Å². The van der Waals surface area contributed by atoms with Crippen molar-refractivity contribution >= 4 is 29.9 Å². The average Bonchev–Trinajstić information content (AvgIpc) is 2.60. The molecule has 0 atom stereocenters. The molecule has 1 aromatic carbocycles. The van der Waals surface area contributed by atoms with Crippen LogP contribution in [0.4, 0.5) is 0 Å². The van der Waals surface area contributed by atoms with Crippen molar-refractivity contribution in [3.8, 4) is 0 Å². The van der Waals surface area contributed by atoms with Gasteiger partial charge in [-0.15, -0.1) is 24.0 Å². The minimum atomic E-state index is 0. The Bertz CT molecular complexity index is 466. The standard InChI is InChI=1S/C18H29N3O2.HI/c1-3-19-18(20-4-2)21-13-15-5-7-16(8-6-15)14-23-17-9-11-22-12-10-17;/h5-8,17H,3-4,9-14H2,1-2H3,(H2,19,20,21);1H. The first-order valence-corrected chi connectivity index (χ1v) is 8.61. The van der Waals surface area contributed by atoms with E-state index in [9.17, 15) is 0 Å². The van der Waals surface area contributed by atoms with Crippen LogP contribution in [0.3, 0.4) is 0 Å². The molecule has 1 aliphatic heterocycles. The van der Waals surface area contributed by atoms with Gasteiger partial charge in [-0.05, 0) is 37.8 Å². The molecule has 0 aromatic heterocycles. The zero-order valence-electron chi connectivity index (χ0n) is 14.7. The van der Waals surface area contributed by atoms with Crippen LogP contribution in [-0.2, 0) is 22.6 Å². The topological polar surface area (TPSA) is 54.9 Å². The first-order chi connectivity index (χ1) is 11.3. The summed E-state index contributed by atoms with van der Waals surface area (Å²) >= 11 is 0. The summed E-state index contributed by atoms with van der Waals surface area (Å²) in [6.07, 6.45) is 2.35. The fourth-order valence-electron chi connectivity index (χ4n) is 2.48. The lowest BCUT2D eigenvalue weighted by Crippen LogP contribution is -2.36. The highest BCUT2D eigenvalue weighted by atomic mass is 127. The van der Waals surface area contributed by atoms with E-state index in [0.717, 1.165) is 45.1 Å². The lowest BCUT2D eigenvalue weighted by Gasteiger charge is -2.22. The third-order valence-electron chi connectivity index (χ3n) is 3.79. The number of rotatable bonds is 7. The van der Waals surface area contributed by atoms with E-state index < -0.39 is 0 Å². The van der Waals surface area contributed by atoms with E-state index in [4.69, 9.17) is 9.47 Å². The van der Waals surface area contributed by atoms with Gasteiger partial charge in [0.05, 0.1) is 19.3 Å². The zero-order valence-corrected chi connectivity index (χ0v) is 17.0. The largest absolute Gasteiger partial charge is 0.381 e. The van der Waals surface area contributed by atoms with Crippen LogP contribution in [0.25, 0.3) is 0 Å². The fraction of sp³-hybridized carbons (Fsp3) is 0.611. The smallest absolute Gasteiger partial charge is 0.191 e. The second kappa shape index (κ2) is 12.5. The van der Waals surface area contributed by atoms with E-state index in [1.54, 1.807) is 0 Å². The average molecular weight is 447 g/mol. The summed E-state index contributed by atoms with van der Waals surface area (Å²) in [5, 5.41) is 6.46. The second-order valence-electron chi connectivity index (χ2n) is 5.66. The maximum absolute atomic E-state index is 5.94. The van der Waals surface area contributed by atoms with Crippen molar-refractivity contribution in [3.63, 3.8) is 0 Å². The van der Waals surface area contributed by atoms with Crippen molar-refractivity contribution in [3.05, 3.63) is 35.4 Å². The second-order valence-corrected chi connectivity index (χ2v) is 5.66. The molecule has 136 valence electrons. The Morgan fingerprint density at radius 1 is 1.08 bits per heavy atom. The van der Waals surface area contributed by atoms with Gasteiger partial charge in [0.2, 0.25) is 0 Å². The number of aliphatic imine (C=N–C) groups is 1. The molecular weight excluding hydrogens is 417 g/mol. The minimum absolute atomic E-state index is 0. The van der Waals surface area contributed by atoms with Gasteiger partial charge in [0, 0.05) is 26.3 Å². The molecule has 0 amide bonds. The molecule has 1 aromatic rings. The maximum Gasteiger partial charge on any atom is 0.191 e. The molecule has 0 unspecified atom stereocenters. The zero-order chi connectivity index (χ0) is 16.3. The van der Waals surface area contributed by atoms with Crippen LogP contribution >= 0.6 is 24.0 Å². The van der Waals surface area contributed by atoms with Gasteiger partial charge in [0.15, 0.2) is 5.96 Å². The lowest BCUT2D eigenvalue weighted by atomic mass is 10.1. The molecule has 0 spiro atoms. The predicted octanol–water partition coefficient (Wildman–Crippen LogP) is 3.08. The van der Waals surface area contributed by atoms with Crippen LogP contribution in [0.1, 0.15) is 37.8 Å². The molecule has 1 saturated heterocycles. The molecule has 0 radical (unpaired) electrons. The van der Waals surface area contributed by atoms with Gasteiger partial charge in [0.25, 0.3) is 0 Å². The van der Waals surface area contributed by atoms with Crippen LogP contribution in [0.15, 0.2) is 29.3 Å². The lowest BCUT2D eigenvalue weighted by molar-refractivity contribution is -0.0390. The Kier molecular flexibility index (Phi) is 11.0. The van der Waals surface area contributed by atoms with Crippen molar-refractivity contribution in [1.29, 1.82) is 0 Å². The number of guanidine groups is 1. The van der Waals surface area contributed by atoms with E-state index >= 15 is 0 Å². The van der Waals surface area contributed by atoms with E-state index in [0.29, 0.717) is 19.3 Å². The molecule has 0 bridgehead atoms.